The number of aromatic nitrogens is 1. The molecule has 1 amide bonds. The van der Waals surface area contributed by atoms with E-state index in [2.05, 4.69) is 17.2 Å². The van der Waals surface area contributed by atoms with Crippen molar-refractivity contribution in [2.45, 2.75) is 26.2 Å². The summed E-state index contributed by atoms with van der Waals surface area (Å²) >= 11 is 1.28. The molecule has 0 saturated carbocycles. The molecule has 1 heterocycles. The Morgan fingerprint density at radius 1 is 1.64 bits per heavy atom. The van der Waals surface area contributed by atoms with Crippen LogP contribution in [0, 0.1) is 0 Å². The molecular formula is C9H15N3OS. The highest BCUT2D eigenvalue weighted by atomic mass is 32.1. The molecule has 0 aromatic carbocycles. The maximum Gasteiger partial charge on any atom is 0.270 e. The van der Waals surface area contributed by atoms with Gasteiger partial charge in [0.15, 0.2) is 5.13 Å². The monoisotopic (exact) mass is 213 g/mol. The quantitative estimate of drug-likeness (QED) is 0.731. The first-order valence-electron chi connectivity index (χ1n) is 4.73. The van der Waals surface area contributed by atoms with Gasteiger partial charge in [0, 0.05) is 11.9 Å². The Morgan fingerprint density at radius 3 is 3.00 bits per heavy atom. The molecular weight excluding hydrogens is 198 g/mol. The van der Waals surface area contributed by atoms with E-state index < -0.39 is 0 Å². The molecule has 0 aliphatic rings. The van der Waals surface area contributed by atoms with Crippen molar-refractivity contribution in [2.24, 2.45) is 0 Å². The van der Waals surface area contributed by atoms with Crippen molar-refractivity contribution in [2.75, 3.05) is 12.3 Å². The Balaban J connectivity index is 2.29. The van der Waals surface area contributed by atoms with Crippen molar-refractivity contribution in [1.29, 1.82) is 0 Å². The number of rotatable bonds is 5. The molecule has 78 valence electrons. The highest BCUT2D eigenvalue weighted by Gasteiger charge is 2.07. The number of thiazole rings is 1. The van der Waals surface area contributed by atoms with Gasteiger partial charge in [-0.2, -0.15) is 0 Å². The minimum Gasteiger partial charge on any atom is -0.375 e. The Morgan fingerprint density at radius 2 is 2.43 bits per heavy atom. The van der Waals surface area contributed by atoms with Gasteiger partial charge in [0.25, 0.3) is 5.91 Å². The summed E-state index contributed by atoms with van der Waals surface area (Å²) in [5, 5.41) is 4.90. The molecule has 0 aliphatic heterocycles. The maximum atomic E-state index is 11.4. The Kier molecular flexibility index (Phi) is 4.39. The summed E-state index contributed by atoms with van der Waals surface area (Å²) in [6, 6.07) is 0. The number of carbonyl (C=O) groups is 1. The number of nitrogens with zero attached hydrogens (tertiary/aromatic N) is 1. The van der Waals surface area contributed by atoms with Crippen LogP contribution in [0.4, 0.5) is 5.13 Å². The second-order valence-electron chi connectivity index (χ2n) is 3.03. The van der Waals surface area contributed by atoms with Gasteiger partial charge in [-0.25, -0.2) is 4.98 Å². The van der Waals surface area contributed by atoms with Crippen LogP contribution in [0.5, 0.6) is 0 Å². The van der Waals surface area contributed by atoms with Crippen molar-refractivity contribution in [1.82, 2.24) is 10.3 Å². The molecule has 0 radical (unpaired) electrons. The first-order chi connectivity index (χ1) is 6.74. The van der Waals surface area contributed by atoms with Crippen LogP contribution in [0.15, 0.2) is 5.38 Å². The van der Waals surface area contributed by atoms with E-state index in [0.29, 0.717) is 17.4 Å². The number of amides is 1. The van der Waals surface area contributed by atoms with Crippen LogP contribution in [0.25, 0.3) is 0 Å². The van der Waals surface area contributed by atoms with E-state index in [4.69, 9.17) is 5.73 Å². The van der Waals surface area contributed by atoms with E-state index in [0.717, 1.165) is 19.3 Å². The molecule has 0 unspecified atom stereocenters. The standard InChI is InChI=1S/C9H15N3OS/c1-2-3-4-5-11-8(13)7-6-14-9(10)12-7/h6H,2-5H2,1H3,(H2,10,12)(H,11,13). The molecule has 1 aromatic rings. The van der Waals surface area contributed by atoms with Crippen molar-refractivity contribution in [3.05, 3.63) is 11.1 Å². The first-order valence-corrected chi connectivity index (χ1v) is 5.61. The maximum absolute atomic E-state index is 11.4. The van der Waals surface area contributed by atoms with Crippen molar-refractivity contribution in [3.8, 4) is 0 Å². The number of nitrogen functional groups attached to an aromatic ring is 1. The smallest absolute Gasteiger partial charge is 0.270 e. The van der Waals surface area contributed by atoms with Crippen LogP contribution in [0.3, 0.4) is 0 Å². The third-order valence-electron chi connectivity index (χ3n) is 1.82. The molecule has 0 spiro atoms. The highest BCUT2D eigenvalue weighted by molar-refractivity contribution is 7.13. The third-order valence-corrected chi connectivity index (χ3v) is 2.49. The van der Waals surface area contributed by atoms with Gasteiger partial charge in [0.05, 0.1) is 0 Å². The van der Waals surface area contributed by atoms with Crippen LogP contribution < -0.4 is 11.1 Å². The lowest BCUT2D eigenvalue weighted by Crippen LogP contribution is -2.24. The fraction of sp³-hybridized carbons (Fsp3) is 0.556. The number of anilines is 1. The predicted octanol–water partition coefficient (Wildman–Crippen LogP) is 1.65. The van der Waals surface area contributed by atoms with Gasteiger partial charge in [0.2, 0.25) is 0 Å². The van der Waals surface area contributed by atoms with Crippen LogP contribution in [0.1, 0.15) is 36.7 Å². The Hall–Kier alpha value is -1.10. The van der Waals surface area contributed by atoms with Crippen molar-refractivity contribution >= 4 is 22.4 Å². The number of nitrogens with one attached hydrogen (secondary N) is 1. The van der Waals surface area contributed by atoms with Gasteiger partial charge in [-0.1, -0.05) is 19.8 Å². The van der Waals surface area contributed by atoms with Gasteiger partial charge in [-0.3, -0.25) is 4.79 Å². The minimum absolute atomic E-state index is 0.131. The first kappa shape index (κ1) is 11.0. The van der Waals surface area contributed by atoms with Crippen LogP contribution in [-0.4, -0.2) is 17.4 Å². The average molecular weight is 213 g/mol. The molecule has 0 fully saturated rings. The summed E-state index contributed by atoms with van der Waals surface area (Å²) in [4.78, 5) is 15.3. The second-order valence-corrected chi connectivity index (χ2v) is 3.92. The summed E-state index contributed by atoms with van der Waals surface area (Å²) in [5.41, 5.74) is 5.84. The molecule has 1 aromatic heterocycles. The fourth-order valence-corrected chi connectivity index (χ4v) is 1.60. The third kappa shape index (κ3) is 3.33. The summed E-state index contributed by atoms with van der Waals surface area (Å²) < 4.78 is 0. The molecule has 5 heteroatoms. The highest BCUT2D eigenvalue weighted by Crippen LogP contribution is 2.10. The molecule has 1 rings (SSSR count). The zero-order valence-electron chi connectivity index (χ0n) is 8.25. The number of hydrogen-bond donors (Lipinski definition) is 2. The summed E-state index contributed by atoms with van der Waals surface area (Å²) in [5.74, 6) is -0.131. The summed E-state index contributed by atoms with van der Waals surface area (Å²) in [7, 11) is 0. The van der Waals surface area contributed by atoms with E-state index in [9.17, 15) is 4.79 Å². The normalized spacial score (nSPS) is 10.1. The SMILES string of the molecule is CCCCCNC(=O)c1csc(N)n1. The molecule has 0 atom stereocenters. The Labute approximate surface area is 87.5 Å². The topological polar surface area (TPSA) is 68.0 Å². The van der Waals surface area contributed by atoms with Gasteiger partial charge in [-0.15, -0.1) is 11.3 Å². The number of nitrogens with two attached hydrogens (primary N) is 1. The van der Waals surface area contributed by atoms with Gasteiger partial charge >= 0.3 is 0 Å². The van der Waals surface area contributed by atoms with E-state index in [1.165, 1.54) is 11.3 Å². The lowest BCUT2D eigenvalue weighted by Gasteiger charge is -2.01. The van der Waals surface area contributed by atoms with Crippen LogP contribution in [0.2, 0.25) is 0 Å². The van der Waals surface area contributed by atoms with E-state index in [-0.39, 0.29) is 5.91 Å². The number of hydrogen-bond acceptors (Lipinski definition) is 4. The lowest BCUT2D eigenvalue weighted by atomic mass is 10.2. The van der Waals surface area contributed by atoms with E-state index in [1.54, 1.807) is 5.38 Å². The van der Waals surface area contributed by atoms with E-state index in [1.807, 2.05) is 0 Å². The molecule has 0 aliphatic carbocycles. The minimum atomic E-state index is -0.131. The van der Waals surface area contributed by atoms with Gasteiger partial charge in [-0.05, 0) is 6.42 Å². The van der Waals surface area contributed by atoms with Gasteiger partial charge < -0.3 is 11.1 Å². The van der Waals surface area contributed by atoms with Crippen LogP contribution >= 0.6 is 11.3 Å². The zero-order valence-corrected chi connectivity index (χ0v) is 9.06. The molecule has 14 heavy (non-hydrogen) atoms. The molecule has 0 saturated heterocycles. The average Bonchev–Trinajstić information content (AvgIpc) is 2.59. The lowest BCUT2D eigenvalue weighted by molar-refractivity contribution is 0.0949. The van der Waals surface area contributed by atoms with Crippen molar-refractivity contribution in [3.63, 3.8) is 0 Å². The second kappa shape index (κ2) is 5.59. The van der Waals surface area contributed by atoms with Crippen molar-refractivity contribution < 1.29 is 4.79 Å². The predicted molar refractivity (Wildman–Crippen MR) is 58.4 cm³/mol. The van der Waals surface area contributed by atoms with Gasteiger partial charge in [0.1, 0.15) is 5.69 Å². The molecule has 4 nitrogen and oxygen atoms in total. The summed E-state index contributed by atoms with van der Waals surface area (Å²) in [6.45, 7) is 2.84. The number of carbonyl (C=O) groups excluding carboxylic acids is 1. The molecule has 3 N–H and O–H groups in total. The Bertz CT molecular complexity index is 298. The number of unbranched alkanes of at least 4 members (excludes halogenated alkanes) is 2. The fourth-order valence-electron chi connectivity index (χ4n) is 1.06. The molecule has 0 bridgehead atoms. The van der Waals surface area contributed by atoms with E-state index >= 15 is 0 Å². The van der Waals surface area contributed by atoms with Crippen LogP contribution in [-0.2, 0) is 0 Å². The zero-order chi connectivity index (χ0) is 10.4. The largest absolute Gasteiger partial charge is 0.375 e. The summed E-state index contributed by atoms with van der Waals surface area (Å²) in [6.07, 6.45) is 3.31.